The van der Waals surface area contributed by atoms with Gasteiger partial charge in [0, 0.05) is 11.6 Å². The minimum Gasteiger partial charge on any atom is -0.495 e. The largest absolute Gasteiger partial charge is 0.495 e. The van der Waals surface area contributed by atoms with Gasteiger partial charge in [0.25, 0.3) is 0 Å². The first-order valence-corrected chi connectivity index (χ1v) is 4.43. The topological polar surface area (TPSA) is 52.3 Å². The quantitative estimate of drug-likeness (QED) is 0.806. The zero-order chi connectivity index (χ0) is 11.4. The van der Waals surface area contributed by atoms with Crippen molar-refractivity contribution in [2.45, 2.75) is 0 Å². The van der Waals surface area contributed by atoms with Gasteiger partial charge in [-0.15, -0.1) is 0 Å². The van der Waals surface area contributed by atoms with Crippen LogP contribution in [-0.2, 0) is 4.79 Å². The van der Waals surface area contributed by atoms with Crippen LogP contribution in [0.1, 0.15) is 5.56 Å². The van der Waals surface area contributed by atoms with Gasteiger partial charge in [-0.25, -0.2) is 4.39 Å². The number of carbonyl (C=O) groups is 1. The van der Waals surface area contributed by atoms with Gasteiger partial charge in [-0.2, -0.15) is 0 Å². The lowest BCUT2D eigenvalue weighted by atomic mass is 10.2. The van der Waals surface area contributed by atoms with Gasteiger partial charge in [0.05, 0.1) is 12.1 Å². The first-order valence-electron chi connectivity index (χ1n) is 4.05. The molecule has 1 aromatic rings. The predicted octanol–water partition coefficient (Wildman–Crippen LogP) is 1.99. The monoisotopic (exact) mass is 229 g/mol. The lowest BCUT2D eigenvalue weighted by Crippen LogP contribution is -2.05. The van der Waals surface area contributed by atoms with Crippen molar-refractivity contribution < 1.29 is 13.9 Å². The second kappa shape index (κ2) is 4.79. The van der Waals surface area contributed by atoms with Gasteiger partial charge in [0.15, 0.2) is 0 Å². The van der Waals surface area contributed by atoms with Gasteiger partial charge in [0.1, 0.15) is 11.6 Å². The van der Waals surface area contributed by atoms with E-state index < -0.39 is 11.7 Å². The second-order valence-electron chi connectivity index (χ2n) is 2.74. The summed E-state index contributed by atoms with van der Waals surface area (Å²) in [6, 6.07) is 2.50. The third kappa shape index (κ3) is 2.95. The van der Waals surface area contributed by atoms with Gasteiger partial charge in [-0.05, 0) is 18.2 Å². The number of methoxy groups -OCH3 is 1. The van der Waals surface area contributed by atoms with Crippen molar-refractivity contribution in [1.82, 2.24) is 0 Å². The number of hydrogen-bond donors (Lipinski definition) is 1. The molecule has 0 aromatic heterocycles. The van der Waals surface area contributed by atoms with Crippen molar-refractivity contribution in [2.24, 2.45) is 5.73 Å². The highest BCUT2D eigenvalue weighted by atomic mass is 35.5. The molecule has 0 bridgehead atoms. The number of nitrogens with two attached hydrogens (primary N) is 1. The molecule has 0 heterocycles. The highest BCUT2D eigenvalue weighted by molar-refractivity contribution is 6.32. The van der Waals surface area contributed by atoms with Gasteiger partial charge in [-0.1, -0.05) is 11.6 Å². The molecule has 0 radical (unpaired) electrons. The molecule has 0 atom stereocenters. The molecular formula is C10H9ClFNO2. The normalized spacial score (nSPS) is 10.6. The lowest BCUT2D eigenvalue weighted by Gasteiger charge is -2.04. The summed E-state index contributed by atoms with van der Waals surface area (Å²) in [7, 11) is 1.42. The number of halogens is 2. The number of primary amides is 1. The van der Waals surface area contributed by atoms with Gasteiger partial charge in [-0.3, -0.25) is 4.79 Å². The van der Waals surface area contributed by atoms with E-state index >= 15 is 0 Å². The van der Waals surface area contributed by atoms with Crippen molar-refractivity contribution >= 4 is 23.6 Å². The molecule has 0 aliphatic carbocycles. The third-order valence-corrected chi connectivity index (χ3v) is 1.99. The molecule has 0 saturated carbocycles. The molecule has 0 aliphatic heterocycles. The zero-order valence-electron chi connectivity index (χ0n) is 7.96. The highest BCUT2D eigenvalue weighted by Crippen LogP contribution is 2.27. The standard InChI is InChI=1S/C10H9ClFNO2/c1-15-9-4-6(2-3-10(13)14)8(12)5-7(9)11/h2-5H,1H3,(H2,13,14)/b3-2+. The Labute approximate surface area is 91.3 Å². The number of benzene rings is 1. The van der Waals surface area contributed by atoms with Gasteiger partial charge < -0.3 is 10.5 Å². The third-order valence-electron chi connectivity index (χ3n) is 1.70. The molecule has 1 rings (SSSR count). The number of carbonyl (C=O) groups excluding carboxylic acids is 1. The Hall–Kier alpha value is -1.55. The van der Waals surface area contributed by atoms with Crippen LogP contribution in [0.5, 0.6) is 5.75 Å². The van der Waals surface area contributed by atoms with Crippen LogP contribution in [0.25, 0.3) is 6.08 Å². The van der Waals surface area contributed by atoms with Crippen molar-refractivity contribution in [3.05, 3.63) is 34.6 Å². The van der Waals surface area contributed by atoms with Crippen LogP contribution < -0.4 is 10.5 Å². The Balaban J connectivity index is 3.13. The molecule has 0 spiro atoms. The summed E-state index contributed by atoms with van der Waals surface area (Å²) in [5.74, 6) is -0.858. The van der Waals surface area contributed by atoms with Crippen LogP contribution in [0.4, 0.5) is 4.39 Å². The van der Waals surface area contributed by atoms with Crippen LogP contribution in [0, 0.1) is 5.82 Å². The van der Waals surface area contributed by atoms with Crippen LogP contribution in [0.15, 0.2) is 18.2 Å². The average molecular weight is 230 g/mol. The number of amides is 1. The smallest absolute Gasteiger partial charge is 0.241 e. The molecule has 15 heavy (non-hydrogen) atoms. The van der Waals surface area contributed by atoms with Crippen LogP contribution >= 0.6 is 11.6 Å². The van der Waals surface area contributed by atoms with E-state index in [4.69, 9.17) is 22.1 Å². The summed E-state index contributed by atoms with van der Waals surface area (Å²) in [4.78, 5) is 10.5. The van der Waals surface area contributed by atoms with Crippen LogP contribution in [0.2, 0.25) is 5.02 Å². The summed E-state index contributed by atoms with van der Waals surface area (Å²) >= 11 is 5.68. The second-order valence-corrected chi connectivity index (χ2v) is 3.15. The number of ether oxygens (including phenoxy) is 1. The Morgan fingerprint density at radius 2 is 2.27 bits per heavy atom. The predicted molar refractivity (Wildman–Crippen MR) is 56.2 cm³/mol. The van der Waals surface area contributed by atoms with E-state index in [1.807, 2.05) is 0 Å². The van der Waals surface area contributed by atoms with E-state index in [0.29, 0.717) is 5.75 Å². The molecule has 2 N–H and O–H groups in total. The van der Waals surface area contributed by atoms with Crippen molar-refractivity contribution in [2.75, 3.05) is 7.11 Å². The molecule has 0 aliphatic rings. The van der Waals surface area contributed by atoms with Crippen LogP contribution in [0.3, 0.4) is 0 Å². The number of hydrogen-bond acceptors (Lipinski definition) is 2. The van der Waals surface area contributed by atoms with Crippen LogP contribution in [-0.4, -0.2) is 13.0 Å². The average Bonchev–Trinajstić information content (AvgIpc) is 2.16. The fourth-order valence-corrected chi connectivity index (χ4v) is 1.23. The summed E-state index contributed by atoms with van der Waals surface area (Å²) in [6.07, 6.45) is 2.32. The molecule has 5 heteroatoms. The molecule has 0 saturated heterocycles. The zero-order valence-corrected chi connectivity index (χ0v) is 8.72. The lowest BCUT2D eigenvalue weighted by molar-refractivity contribution is -0.113. The van der Waals surface area contributed by atoms with Crippen molar-refractivity contribution in [1.29, 1.82) is 0 Å². The Morgan fingerprint density at radius 3 is 2.80 bits per heavy atom. The molecule has 0 unspecified atom stereocenters. The van der Waals surface area contributed by atoms with E-state index in [-0.39, 0.29) is 10.6 Å². The van der Waals surface area contributed by atoms with Crippen molar-refractivity contribution in [3.63, 3.8) is 0 Å². The summed E-state index contributed by atoms with van der Waals surface area (Å²) in [5.41, 5.74) is 5.08. The van der Waals surface area contributed by atoms with E-state index in [1.54, 1.807) is 0 Å². The molecule has 0 fully saturated rings. The highest BCUT2D eigenvalue weighted by Gasteiger charge is 2.06. The molecule has 3 nitrogen and oxygen atoms in total. The fourth-order valence-electron chi connectivity index (χ4n) is 1.00. The molecule has 1 amide bonds. The van der Waals surface area contributed by atoms with Gasteiger partial charge in [0.2, 0.25) is 5.91 Å². The summed E-state index contributed by atoms with van der Waals surface area (Å²) in [5, 5.41) is 0.172. The van der Waals surface area contributed by atoms with E-state index in [1.165, 1.54) is 19.3 Å². The fraction of sp³-hybridized carbons (Fsp3) is 0.100. The van der Waals surface area contributed by atoms with E-state index in [9.17, 15) is 9.18 Å². The molecule has 80 valence electrons. The maximum Gasteiger partial charge on any atom is 0.241 e. The molecular weight excluding hydrogens is 221 g/mol. The first kappa shape index (κ1) is 11.5. The molecule has 1 aromatic carbocycles. The number of rotatable bonds is 3. The minimum atomic E-state index is -0.650. The first-order chi connectivity index (χ1) is 7.04. The van der Waals surface area contributed by atoms with Crippen molar-refractivity contribution in [3.8, 4) is 5.75 Å². The Bertz CT molecular complexity index is 418. The van der Waals surface area contributed by atoms with Gasteiger partial charge >= 0.3 is 0 Å². The SMILES string of the molecule is COc1cc(/C=C/C(N)=O)c(F)cc1Cl. The van der Waals surface area contributed by atoms with E-state index in [2.05, 4.69) is 0 Å². The summed E-state index contributed by atoms with van der Waals surface area (Å²) < 4.78 is 18.2. The maximum absolute atomic E-state index is 13.3. The van der Waals surface area contributed by atoms with E-state index in [0.717, 1.165) is 12.1 Å². The maximum atomic E-state index is 13.3. The Kier molecular flexibility index (Phi) is 3.68. The summed E-state index contributed by atoms with van der Waals surface area (Å²) in [6.45, 7) is 0. The Morgan fingerprint density at radius 1 is 1.60 bits per heavy atom. The minimum absolute atomic E-state index is 0.172.